The van der Waals surface area contributed by atoms with Gasteiger partial charge in [-0.3, -0.25) is 4.79 Å². The zero-order valence-electron chi connectivity index (χ0n) is 21.3. The number of carbonyl (C=O) groups excluding carboxylic acids is 1. The van der Waals surface area contributed by atoms with Crippen LogP contribution in [0.2, 0.25) is 0 Å². The molecule has 0 aromatic heterocycles. The molecule has 1 saturated carbocycles. The number of carboxylic acids is 2. The van der Waals surface area contributed by atoms with Crippen molar-refractivity contribution in [2.75, 3.05) is 39.2 Å². The minimum atomic E-state index is -1.26. The molecule has 0 unspecified atom stereocenters. The van der Waals surface area contributed by atoms with Crippen LogP contribution in [0.25, 0.3) is 10.8 Å². The summed E-state index contributed by atoms with van der Waals surface area (Å²) in [6.45, 7) is 1.41. The molecule has 1 aliphatic rings. The summed E-state index contributed by atoms with van der Waals surface area (Å²) in [5.41, 5.74) is 1.59. The Morgan fingerprint density at radius 1 is 0.972 bits per heavy atom. The van der Waals surface area contributed by atoms with Gasteiger partial charge in [-0.15, -0.1) is 0 Å². The van der Waals surface area contributed by atoms with Crippen LogP contribution in [0, 0.1) is 0 Å². The fraction of sp³-hybridized carbons (Fsp3) is 0.444. The van der Waals surface area contributed by atoms with Gasteiger partial charge in [0.05, 0.1) is 12.7 Å². The molecule has 0 saturated heterocycles. The van der Waals surface area contributed by atoms with Gasteiger partial charge in [0.15, 0.2) is 0 Å². The minimum Gasteiger partial charge on any atom is -0.495 e. The summed E-state index contributed by atoms with van der Waals surface area (Å²) in [6, 6.07) is 10.6. The summed E-state index contributed by atoms with van der Waals surface area (Å²) in [4.78, 5) is 34.1. The molecule has 196 valence electrons. The van der Waals surface area contributed by atoms with Crippen LogP contribution in [0.3, 0.4) is 0 Å². The summed E-state index contributed by atoms with van der Waals surface area (Å²) in [5, 5.41) is 24.3. The van der Waals surface area contributed by atoms with E-state index in [1.165, 1.54) is 38.5 Å². The Balaban J connectivity index is 0.000000493. The number of benzene rings is 2. The number of carbonyl (C=O) groups is 3. The lowest BCUT2D eigenvalue weighted by atomic mass is 10.0. The van der Waals surface area contributed by atoms with E-state index in [9.17, 15) is 14.4 Å². The van der Waals surface area contributed by atoms with Gasteiger partial charge in [-0.05, 0) is 18.9 Å². The number of amides is 1. The number of carboxylic acid groups (broad SMARTS) is 2. The van der Waals surface area contributed by atoms with Gasteiger partial charge in [0.25, 0.3) is 5.91 Å². The van der Waals surface area contributed by atoms with Gasteiger partial charge in [-0.1, -0.05) is 49.9 Å². The average molecular weight is 500 g/mol. The Morgan fingerprint density at radius 2 is 1.56 bits per heavy atom. The van der Waals surface area contributed by atoms with Gasteiger partial charge in [0, 0.05) is 61.8 Å². The van der Waals surface area contributed by atoms with Crippen LogP contribution in [-0.2, 0) is 9.59 Å². The topological polar surface area (TPSA) is 128 Å². The second kappa shape index (κ2) is 14.7. The van der Waals surface area contributed by atoms with Gasteiger partial charge in [0.1, 0.15) is 5.75 Å². The lowest BCUT2D eigenvalue weighted by Gasteiger charge is -2.20. The fourth-order valence-electron chi connectivity index (χ4n) is 4.26. The van der Waals surface area contributed by atoms with E-state index in [1.807, 2.05) is 43.3 Å². The van der Waals surface area contributed by atoms with E-state index in [4.69, 9.17) is 14.9 Å². The third kappa shape index (κ3) is 8.88. The van der Waals surface area contributed by atoms with Crippen LogP contribution in [0.1, 0.15) is 48.9 Å². The number of hydrogen-bond donors (Lipinski definition) is 4. The molecule has 1 fully saturated rings. The predicted octanol–water partition coefficient (Wildman–Crippen LogP) is 3.67. The smallest absolute Gasteiger partial charge is 0.328 e. The first-order valence-electron chi connectivity index (χ1n) is 12.2. The molecule has 3 rings (SSSR count). The minimum absolute atomic E-state index is 0.0895. The molecule has 36 heavy (non-hydrogen) atoms. The van der Waals surface area contributed by atoms with Crippen LogP contribution in [0.5, 0.6) is 5.75 Å². The van der Waals surface area contributed by atoms with Crippen molar-refractivity contribution in [2.45, 2.75) is 44.6 Å². The van der Waals surface area contributed by atoms with Crippen molar-refractivity contribution in [3.63, 3.8) is 0 Å². The van der Waals surface area contributed by atoms with E-state index in [0.29, 0.717) is 36.1 Å². The largest absolute Gasteiger partial charge is 0.495 e. The zero-order valence-corrected chi connectivity index (χ0v) is 21.3. The molecule has 1 amide bonds. The lowest BCUT2D eigenvalue weighted by Crippen LogP contribution is -2.37. The predicted molar refractivity (Wildman–Crippen MR) is 141 cm³/mol. The van der Waals surface area contributed by atoms with Gasteiger partial charge in [-0.2, -0.15) is 0 Å². The molecule has 0 bridgehead atoms. The maximum Gasteiger partial charge on any atom is 0.328 e. The van der Waals surface area contributed by atoms with E-state index >= 15 is 0 Å². The normalized spacial score (nSPS) is 14.0. The van der Waals surface area contributed by atoms with Crippen molar-refractivity contribution in [1.82, 2.24) is 10.6 Å². The highest BCUT2D eigenvalue weighted by atomic mass is 16.5. The van der Waals surface area contributed by atoms with Gasteiger partial charge >= 0.3 is 11.9 Å². The van der Waals surface area contributed by atoms with E-state index in [2.05, 4.69) is 16.7 Å². The van der Waals surface area contributed by atoms with Crippen LogP contribution in [0.4, 0.5) is 5.69 Å². The molecule has 4 N–H and O–H groups in total. The lowest BCUT2D eigenvalue weighted by molar-refractivity contribution is -0.134. The first kappa shape index (κ1) is 28.6. The van der Waals surface area contributed by atoms with Crippen LogP contribution >= 0.6 is 0 Å². The quantitative estimate of drug-likeness (QED) is 0.234. The number of nitrogens with zero attached hydrogens (tertiary/aromatic N) is 1. The standard InChI is InChI=1S/C23H33N3O2.C4H4O4/c1-26(2)21-16-20(22(28-3)19-13-9-8-12-18(19)21)23(27)25-15-14-24-17-10-6-4-5-7-11-17;5-3(6)1-2-4(7)8/h8-9,12-13,16-17,24H,4-7,10-11,14-15H2,1-3H3,(H,25,27);1-2H,(H,5,6)(H,7,8). The van der Waals surface area contributed by atoms with Crippen molar-refractivity contribution in [3.05, 3.63) is 48.0 Å². The molecule has 0 aliphatic heterocycles. The van der Waals surface area contributed by atoms with Crippen molar-refractivity contribution >= 4 is 34.3 Å². The number of rotatable bonds is 9. The van der Waals surface area contributed by atoms with E-state index in [-0.39, 0.29) is 5.91 Å². The number of anilines is 1. The zero-order chi connectivity index (χ0) is 26.5. The molecule has 0 spiro atoms. The van der Waals surface area contributed by atoms with Crippen molar-refractivity contribution in [1.29, 1.82) is 0 Å². The maximum absolute atomic E-state index is 12.9. The first-order chi connectivity index (χ1) is 17.2. The average Bonchev–Trinajstić information content (AvgIpc) is 3.13. The van der Waals surface area contributed by atoms with Crippen molar-refractivity contribution in [3.8, 4) is 5.75 Å². The van der Waals surface area contributed by atoms with Crippen LogP contribution in [-0.4, -0.2) is 68.4 Å². The number of fused-ring (bicyclic) bond motifs is 1. The Morgan fingerprint density at radius 3 is 2.08 bits per heavy atom. The molecule has 9 nitrogen and oxygen atoms in total. The van der Waals surface area contributed by atoms with Gasteiger partial charge in [-0.25, -0.2) is 9.59 Å². The molecule has 9 heteroatoms. The third-order valence-corrected chi connectivity index (χ3v) is 5.97. The fourth-order valence-corrected chi connectivity index (χ4v) is 4.26. The number of hydrogen-bond acceptors (Lipinski definition) is 6. The van der Waals surface area contributed by atoms with Crippen molar-refractivity contribution in [2.24, 2.45) is 0 Å². The molecule has 0 atom stereocenters. The van der Waals surface area contributed by atoms with Gasteiger partial charge < -0.3 is 30.5 Å². The SMILES string of the molecule is COc1c(C(=O)NCCNC2CCCCCC2)cc(N(C)C)c2ccccc12.O=C(O)C=CC(=O)O. The summed E-state index contributed by atoms with van der Waals surface area (Å²) in [5.74, 6) is -1.97. The molecular formula is C27H37N3O6. The number of aliphatic carboxylic acids is 2. The highest BCUT2D eigenvalue weighted by Crippen LogP contribution is 2.36. The Kier molecular flexibility index (Phi) is 11.7. The molecule has 2 aromatic carbocycles. The monoisotopic (exact) mass is 499 g/mol. The maximum atomic E-state index is 12.9. The molecule has 0 heterocycles. The second-order valence-corrected chi connectivity index (χ2v) is 8.82. The number of nitrogens with one attached hydrogen (secondary N) is 2. The first-order valence-corrected chi connectivity index (χ1v) is 12.2. The van der Waals surface area contributed by atoms with Gasteiger partial charge in [0.2, 0.25) is 0 Å². The molecule has 0 radical (unpaired) electrons. The van der Waals surface area contributed by atoms with Crippen LogP contribution in [0.15, 0.2) is 42.5 Å². The van der Waals surface area contributed by atoms with E-state index in [1.54, 1.807) is 7.11 Å². The Labute approximate surface area is 212 Å². The molecule has 2 aromatic rings. The van der Waals surface area contributed by atoms with E-state index < -0.39 is 11.9 Å². The highest BCUT2D eigenvalue weighted by molar-refractivity contribution is 6.08. The summed E-state index contributed by atoms with van der Waals surface area (Å²) < 4.78 is 5.63. The van der Waals surface area contributed by atoms with E-state index in [0.717, 1.165) is 23.0 Å². The molecular weight excluding hydrogens is 462 g/mol. The summed E-state index contributed by atoms with van der Waals surface area (Å²) in [6.07, 6.45) is 8.94. The van der Waals surface area contributed by atoms with Crippen LogP contribution < -0.4 is 20.3 Å². The Bertz CT molecular complexity index is 1040. The third-order valence-electron chi connectivity index (χ3n) is 5.97. The van der Waals surface area contributed by atoms with Crippen molar-refractivity contribution < 1.29 is 29.3 Å². The summed E-state index contributed by atoms with van der Waals surface area (Å²) >= 11 is 0. The number of ether oxygens (including phenoxy) is 1. The Hall–Kier alpha value is -3.59. The molecule has 1 aliphatic carbocycles. The number of methoxy groups -OCH3 is 1. The highest BCUT2D eigenvalue weighted by Gasteiger charge is 2.19. The second-order valence-electron chi connectivity index (χ2n) is 8.82. The summed E-state index contributed by atoms with van der Waals surface area (Å²) in [7, 11) is 5.61.